The average Bonchev–Trinajstić information content (AvgIpc) is 3.13. The number of anilines is 1. The first-order chi connectivity index (χ1) is 10.6. The van der Waals surface area contributed by atoms with Gasteiger partial charge >= 0.3 is 6.09 Å². The Labute approximate surface area is 132 Å². The van der Waals surface area contributed by atoms with E-state index >= 15 is 0 Å². The molecule has 1 aromatic carbocycles. The highest BCUT2D eigenvalue weighted by molar-refractivity contribution is 7.12. The molecule has 0 spiro atoms. The molecule has 112 valence electrons. The van der Waals surface area contributed by atoms with E-state index in [0.29, 0.717) is 24.4 Å². The summed E-state index contributed by atoms with van der Waals surface area (Å²) < 4.78 is 4.92. The Balaban J connectivity index is 1.78. The van der Waals surface area contributed by atoms with E-state index in [9.17, 15) is 9.59 Å². The Morgan fingerprint density at radius 2 is 2.18 bits per heavy atom. The van der Waals surface area contributed by atoms with Gasteiger partial charge in [-0.2, -0.15) is 0 Å². The first-order valence-electron chi connectivity index (χ1n) is 6.97. The molecular formula is C17H15NO3S. The molecule has 4 nitrogen and oxygen atoms in total. The first-order valence-corrected chi connectivity index (χ1v) is 7.78. The number of hydrogen-bond acceptors (Lipinski definition) is 4. The third kappa shape index (κ3) is 3.09. The van der Waals surface area contributed by atoms with Crippen LogP contribution in [0.5, 0.6) is 0 Å². The number of thiophene rings is 1. The van der Waals surface area contributed by atoms with Crippen molar-refractivity contribution in [3.05, 3.63) is 57.8 Å². The van der Waals surface area contributed by atoms with Crippen LogP contribution < -0.4 is 4.90 Å². The smallest absolute Gasteiger partial charge is 0.414 e. The molecule has 1 aliphatic rings. The van der Waals surface area contributed by atoms with Gasteiger partial charge in [0, 0.05) is 21.0 Å². The van der Waals surface area contributed by atoms with E-state index in [1.165, 1.54) is 9.78 Å². The lowest BCUT2D eigenvalue weighted by atomic mass is 10.1. The average molecular weight is 313 g/mol. The van der Waals surface area contributed by atoms with E-state index in [0.717, 1.165) is 4.88 Å². The van der Waals surface area contributed by atoms with Crippen LogP contribution in [0.2, 0.25) is 0 Å². The second-order valence-electron chi connectivity index (χ2n) is 4.96. The molecule has 0 atom stereocenters. The summed E-state index contributed by atoms with van der Waals surface area (Å²) in [5.74, 6) is -0.0829. The van der Waals surface area contributed by atoms with Crippen LogP contribution in [-0.4, -0.2) is 25.0 Å². The van der Waals surface area contributed by atoms with E-state index in [1.54, 1.807) is 41.7 Å². The van der Waals surface area contributed by atoms with Crippen molar-refractivity contribution in [2.75, 3.05) is 18.1 Å². The molecule has 1 amide bonds. The Morgan fingerprint density at radius 1 is 1.32 bits per heavy atom. The molecule has 1 saturated heterocycles. The lowest BCUT2D eigenvalue weighted by molar-refractivity contribution is 0.104. The Hall–Kier alpha value is -2.40. The fraction of sp³-hybridized carbons (Fsp3) is 0.176. The van der Waals surface area contributed by atoms with Gasteiger partial charge in [0.1, 0.15) is 6.61 Å². The highest BCUT2D eigenvalue weighted by Gasteiger charge is 2.23. The number of carbonyl (C=O) groups excluding carboxylic acids is 2. The topological polar surface area (TPSA) is 46.6 Å². The third-order valence-electron chi connectivity index (χ3n) is 3.36. The van der Waals surface area contributed by atoms with Gasteiger partial charge in [-0.25, -0.2) is 4.79 Å². The lowest BCUT2D eigenvalue weighted by Crippen LogP contribution is -2.23. The SMILES string of the molecule is Cc1ccc(C=CC(=O)c2cccc(N3CCOC3=O)c2)s1. The van der Waals surface area contributed by atoms with Gasteiger partial charge in [-0.05, 0) is 43.3 Å². The summed E-state index contributed by atoms with van der Waals surface area (Å²) >= 11 is 1.64. The maximum absolute atomic E-state index is 12.3. The monoisotopic (exact) mass is 313 g/mol. The van der Waals surface area contributed by atoms with Crippen molar-refractivity contribution >= 4 is 35.0 Å². The minimum absolute atomic E-state index is 0.0829. The van der Waals surface area contributed by atoms with Crippen molar-refractivity contribution in [3.8, 4) is 0 Å². The standard InChI is InChI=1S/C17H15NO3S/c1-12-5-6-15(22-12)7-8-16(19)13-3-2-4-14(11-13)18-9-10-21-17(18)20/h2-8,11H,9-10H2,1H3. The molecule has 0 unspecified atom stereocenters. The van der Waals surface area contributed by atoms with Crippen molar-refractivity contribution in [1.82, 2.24) is 0 Å². The van der Waals surface area contributed by atoms with Crippen LogP contribution in [0.1, 0.15) is 20.1 Å². The quantitative estimate of drug-likeness (QED) is 0.635. The van der Waals surface area contributed by atoms with Crippen molar-refractivity contribution < 1.29 is 14.3 Å². The third-order valence-corrected chi connectivity index (χ3v) is 4.33. The van der Waals surface area contributed by atoms with Gasteiger partial charge in [-0.15, -0.1) is 11.3 Å². The normalized spacial score (nSPS) is 14.6. The number of allylic oxidation sites excluding steroid dienone is 1. The minimum Gasteiger partial charge on any atom is -0.447 e. The maximum atomic E-state index is 12.3. The highest BCUT2D eigenvalue weighted by atomic mass is 32.1. The molecule has 1 aliphatic heterocycles. The maximum Gasteiger partial charge on any atom is 0.414 e. The van der Waals surface area contributed by atoms with E-state index in [1.807, 2.05) is 25.1 Å². The van der Waals surface area contributed by atoms with E-state index in [2.05, 4.69) is 0 Å². The molecular weight excluding hydrogens is 298 g/mol. The number of hydrogen-bond donors (Lipinski definition) is 0. The number of ketones is 1. The highest BCUT2D eigenvalue weighted by Crippen LogP contribution is 2.21. The summed E-state index contributed by atoms with van der Waals surface area (Å²) in [6.07, 6.45) is 3.01. The zero-order valence-electron chi connectivity index (χ0n) is 12.1. The van der Waals surface area contributed by atoms with Gasteiger partial charge in [0.05, 0.1) is 6.54 Å². The fourth-order valence-corrected chi connectivity index (χ4v) is 3.03. The molecule has 2 aromatic rings. The van der Waals surface area contributed by atoms with Crippen LogP contribution in [0, 0.1) is 6.92 Å². The number of ether oxygens (including phenoxy) is 1. The molecule has 22 heavy (non-hydrogen) atoms. The van der Waals surface area contributed by atoms with Gasteiger partial charge in [0.25, 0.3) is 0 Å². The van der Waals surface area contributed by atoms with E-state index in [-0.39, 0.29) is 11.9 Å². The summed E-state index contributed by atoms with van der Waals surface area (Å²) in [5, 5.41) is 0. The number of benzene rings is 1. The molecule has 3 rings (SSSR count). The zero-order valence-corrected chi connectivity index (χ0v) is 12.9. The second kappa shape index (κ2) is 6.15. The largest absolute Gasteiger partial charge is 0.447 e. The van der Waals surface area contributed by atoms with Gasteiger partial charge in [-0.3, -0.25) is 9.69 Å². The van der Waals surface area contributed by atoms with Crippen LogP contribution >= 0.6 is 11.3 Å². The summed E-state index contributed by atoms with van der Waals surface area (Å²) in [7, 11) is 0. The first kappa shape index (κ1) is 14.5. The van der Waals surface area contributed by atoms with Crippen molar-refractivity contribution in [2.45, 2.75) is 6.92 Å². The molecule has 0 N–H and O–H groups in total. The number of nitrogens with zero attached hydrogens (tertiary/aromatic N) is 1. The molecule has 5 heteroatoms. The van der Waals surface area contributed by atoms with Crippen LogP contribution in [-0.2, 0) is 4.74 Å². The summed E-state index contributed by atoms with van der Waals surface area (Å²) in [5.41, 5.74) is 1.25. The zero-order chi connectivity index (χ0) is 15.5. The molecule has 2 heterocycles. The minimum atomic E-state index is -0.366. The van der Waals surface area contributed by atoms with Gasteiger partial charge in [-0.1, -0.05) is 12.1 Å². The summed E-state index contributed by atoms with van der Waals surface area (Å²) in [6.45, 7) is 2.93. The van der Waals surface area contributed by atoms with Crippen molar-refractivity contribution in [3.63, 3.8) is 0 Å². The van der Waals surface area contributed by atoms with E-state index < -0.39 is 0 Å². The molecule has 0 aliphatic carbocycles. The summed E-state index contributed by atoms with van der Waals surface area (Å²) in [4.78, 5) is 27.6. The molecule has 0 bridgehead atoms. The van der Waals surface area contributed by atoms with E-state index in [4.69, 9.17) is 4.74 Å². The fourth-order valence-electron chi connectivity index (χ4n) is 2.25. The molecule has 1 fully saturated rings. The number of carbonyl (C=O) groups is 2. The number of aryl methyl sites for hydroxylation is 1. The number of amides is 1. The summed E-state index contributed by atoms with van der Waals surface area (Å²) in [6, 6.07) is 11.1. The lowest BCUT2D eigenvalue weighted by Gasteiger charge is -2.13. The Kier molecular flexibility index (Phi) is 4.06. The molecule has 1 aromatic heterocycles. The van der Waals surface area contributed by atoms with Gasteiger partial charge < -0.3 is 4.74 Å². The van der Waals surface area contributed by atoms with Gasteiger partial charge in [0.2, 0.25) is 0 Å². The Bertz CT molecular complexity index is 748. The number of rotatable bonds is 4. The van der Waals surface area contributed by atoms with Crippen LogP contribution in [0.3, 0.4) is 0 Å². The van der Waals surface area contributed by atoms with Gasteiger partial charge in [0.15, 0.2) is 5.78 Å². The Morgan fingerprint density at radius 3 is 2.86 bits per heavy atom. The van der Waals surface area contributed by atoms with Crippen molar-refractivity contribution in [2.24, 2.45) is 0 Å². The van der Waals surface area contributed by atoms with Crippen LogP contribution in [0.25, 0.3) is 6.08 Å². The van der Waals surface area contributed by atoms with Crippen LogP contribution in [0.15, 0.2) is 42.5 Å². The van der Waals surface area contributed by atoms with Crippen molar-refractivity contribution in [1.29, 1.82) is 0 Å². The predicted molar refractivity (Wildman–Crippen MR) is 87.6 cm³/mol. The predicted octanol–water partition coefficient (Wildman–Crippen LogP) is 3.91. The number of cyclic esters (lactones) is 1. The molecule has 0 radical (unpaired) electrons. The van der Waals surface area contributed by atoms with Crippen LogP contribution in [0.4, 0.5) is 10.5 Å². The second-order valence-corrected chi connectivity index (χ2v) is 6.28. The molecule has 0 saturated carbocycles.